The average Bonchev–Trinajstić information content (AvgIpc) is 3.19. The first-order valence-electron chi connectivity index (χ1n) is 7.82. The van der Waals surface area contributed by atoms with E-state index in [0.29, 0.717) is 34.1 Å². The van der Waals surface area contributed by atoms with E-state index < -0.39 is 0 Å². The van der Waals surface area contributed by atoms with Crippen LogP contribution in [0.5, 0.6) is 5.75 Å². The Morgan fingerprint density at radius 2 is 2.24 bits per heavy atom. The van der Waals surface area contributed by atoms with Crippen LogP contribution in [0.1, 0.15) is 18.7 Å². The second kappa shape index (κ2) is 5.66. The number of anilines is 1. The molecular formula is C17H17N5O3. The fraction of sp³-hybridized carbons (Fsp3) is 0.235. The molecule has 8 nitrogen and oxygen atoms in total. The third kappa shape index (κ3) is 2.51. The number of aryl methyl sites for hydroxylation is 1. The lowest BCUT2D eigenvalue weighted by Gasteiger charge is -2.11. The van der Waals surface area contributed by atoms with E-state index in [4.69, 9.17) is 9.15 Å². The van der Waals surface area contributed by atoms with Gasteiger partial charge in [-0.05, 0) is 19.1 Å². The number of ether oxygens (including phenoxy) is 1. The summed E-state index contributed by atoms with van der Waals surface area (Å²) in [6.07, 6.45) is 1.50. The van der Waals surface area contributed by atoms with Crippen LogP contribution in [0, 0.1) is 0 Å². The van der Waals surface area contributed by atoms with Gasteiger partial charge in [0, 0.05) is 12.4 Å². The third-order valence-electron chi connectivity index (χ3n) is 4.13. The molecule has 0 aliphatic rings. The summed E-state index contributed by atoms with van der Waals surface area (Å²) >= 11 is 0. The van der Waals surface area contributed by atoms with Crippen molar-refractivity contribution >= 4 is 28.0 Å². The summed E-state index contributed by atoms with van der Waals surface area (Å²) in [5.41, 5.74) is 0.973. The van der Waals surface area contributed by atoms with Gasteiger partial charge in [-0.1, -0.05) is 12.1 Å². The minimum absolute atomic E-state index is 0.203. The Morgan fingerprint density at radius 3 is 3.04 bits per heavy atom. The van der Waals surface area contributed by atoms with Gasteiger partial charge in [0.15, 0.2) is 17.0 Å². The molecular weight excluding hydrogens is 322 g/mol. The predicted octanol–water partition coefficient (Wildman–Crippen LogP) is 2.58. The van der Waals surface area contributed by atoms with Crippen molar-refractivity contribution in [2.75, 3.05) is 12.4 Å². The van der Waals surface area contributed by atoms with Crippen molar-refractivity contribution in [1.82, 2.24) is 19.7 Å². The highest BCUT2D eigenvalue weighted by molar-refractivity contribution is 5.84. The van der Waals surface area contributed by atoms with Gasteiger partial charge in [0.1, 0.15) is 11.1 Å². The SMILES string of the molecule is COc1cccc2cc(C(C)Nc3nc4c(cnn4C)c(=O)[nH]3)oc12. The maximum absolute atomic E-state index is 12.1. The summed E-state index contributed by atoms with van der Waals surface area (Å²) < 4.78 is 12.8. The fourth-order valence-electron chi connectivity index (χ4n) is 2.81. The van der Waals surface area contributed by atoms with E-state index in [-0.39, 0.29) is 11.6 Å². The zero-order chi connectivity index (χ0) is 17.6. The number of H-pyrrole nitrogens is 1. The number of furan rings is 1. The number of aromatic nitrogens is 4. The van der Waals surface area contributed by atoms with E-state index in [1.165, 1.54) is 6.20 Å². The molecule has 0 aliphatic heterocycles. The molecule has 3 heterocycles. The number of rotatable bonds is 4. The van der Waals surface area contributed by atoms with E-state index in [1.807, 2.05) is 31.2 Å². The normalized spacial score (nSPS) is 12.6. The Bertz CT molecular complexity index is 1120. The van der Waals surface area contributed by atoms with Crippen LogP contribution in [0.25, 0.3) is 22.0 Å². The van der Waals surface area contributed by atoms with Gasteiger partial charge in [0.25, 0.3) is 5.56 Å². The number of aromatic amines is 1. The van der Waals surface area contributed by atoms with Crippen LogP contribution in [0.3, 0.4) is 0 Å². The van der Waals surface area contributed by atoms with Crippen LogP contribution >= 0.6 is 0 Å². The van der Waals surface area contributed by atoms with Crippen LogP contribution in [0.2, 0.25) is 0 Å². The summed E-state index contributed by atoms with van der Waals surface area (Å²) in [6.45, 7) is 1.93. The number of benzene rings is 1. The van der Waals surface area contributed by atoms with Crippen LogP contribution in [0.15, 0.2) is 39.7 Å². The monoisotopic (exact) mass is 339 g/mol. The average molecular weight is 339 g/mol. The molecule has 0 saturated carbocycles. The molecule has 0 saturated heterocycles. The second-order valence-corrected chi connectivity index (χ2v) is 5.81. The number of methoxy groups -OCH3 is 1. The first-order valence-corrected chi connectivity index (χ1v) is 7.82. The van der Waals surface area contributed by atoms with Crippen LogP contribution in [-0.2, 0) is 7.05 Å². The molecule has 0 aliphatic carbocycles. The van der Waals surface area contributed by atoms with Crippen molar-refractivity contribution in [2.24, 2.45) is 7.05 Å². The molecule has 1 atom stereocenters. The molecule has 2 N–H and O–H groups in total. The molecule has 0 amide bonds. The minimum atomic E-state index is -0.237. The first-order chi connectivity index (χ1) is 12.1. The summed E-state index contributed by atoms with van der Waals surface area (Å²) in [4.78, 5) is 19.3. The number of nitrogens with one attached hydrogen (secondary N) is 2. The Morgan fingerprint density at radius 1 is 1.40 bits per heavy atom. The highest BCUT2D eigenvalue weighted by Gasteiger charge is 2.16. The number of nitrogens with zero attached hydrogens (tertiary/aromatic N) is 3. The lowest BCUT2D eigenvalue weighted by molar-refractivity contribution is 0.406. The lowest BCUT2D eigenvalue weighted by Crippen LogP contribution is -2.15. The number of hydrogen-bond acceptors (Lipinski definition) is 6. The molecule has 128 valence electrons. The highest BCUT2D eigenvalue weighted by atomic mass is 16.5. The molecule has 3 aromatic heterocycles. The van der Waals surface area contributed by atoms with Gasteiger partial charge in [-0.3, -0.25) is 14.5 Å². The maximum Gasteiger partial charge on any atom is 0.263 e. The van der Waals surface area contributed by atoms with Crippen molar-refractivity contribution in [3.05, 3.63) is 46.6 Å². The molecule has 1 aromatic carbocycles. The quantitative estimate of drug-likeness (QED) is 0.593. The molecule has 8 heteroatoms. The van der Waals surface area contributed by atoms with Gasteiger partial charge in [0.05, 0.1) is 19.3 Å². The van der Waals surface area contributed by atoms with Crippen LogP contribution in [-0.4, -0.2) is 26.9 Å². The predicted molar refractivity (Wildman–Crippen MR) is 93.9 cm³/mol. The molecule has 1 unspecified atom stereocenters. The Hall–Kier alpha value is -3.29. The zero-order valence-electron chi connectivity index (χ0n) is 14.0. The van der Waals surface area contributed by atoms with Gasteiger partial charge >= 0.3 is 0 Å². The van der Waals surface area contributed by atoms with Crippen molar-refractivity contribution < 1.29 is 9.15 Å². The topological polar surface area (TPSA) is 98.0 Å². The van der Waals surface area contributed by atoms with Crippen molar-refractivity contribution in [2.45, 2.75) is 13.0 Å². The molecule has 25 heavy (non-hydrogen) atoms. The Kier molecular flexibility index (Phi) is 3.45. The van der Waals surface area contributed by atoms with Gasteiger partial charge in [-0.25, -0.2) is 0 Å². The van der Waals surface area contributed by atoms with E-state index in [2.05, 4.69) is 20.4 Å². The Labute approximate surface area is 142 Å². The van der Waals surface area contributed by atoms with E-state index >= 15 is 0 Å². The third-order valence-corrected chi connectivity index (χ3v) is 4.13. The van der Waals surface area contributed by atoms with Crippen molar-refractivity contribution in [3.8, 4) is 5.75 Å². The summed E-state index contributed by atoms with van der Waals surface area (Å²) in [5, 5.41) is 8.62. The second-order valence-electron chi connectivity index (χ2n) is 5.81. The molecule has 0 bridgehead atoms. The number of hydrogen-bond donors (Lipinski definition) is 2. The molecule has 4 aromatic rings. The molecule has 0 fully saturated rings. The minimum Gasteiger partial charge on any atom is -0.493 e. The lowest BCUT2D eigenvalue weighted by atomic mass is 10.2. The van der Waals surface area contributed by atoms with Gasteiger partial charge in [0.2, 0.25) is 5.95 Å². The van der Waals surface area contributed by atoms with E-state index in [9.17, 15) is 4.79 Å². The van der Waals surface area contributed by atoms with Crippen molar-refractivity contribution in [1.29, 1.82) is 0 Å². The molecule has 0 radical (unpaired) electrons. The smallest absolute Gasteiger partial charge is 0.263 e. The summed E-state index contributed by atoms with van der Waals surface area (Å²) in [6, 6.07) is 7.46. The van der Waals surface area contributed by atoms with Crippen molar-refractivity contribution in [3.63, 3.8) is 0 Å². The standard InChI is InChI=1S/C17H17N5O3/c1-9(13-7-10-5-4-6-12(24-3)14(10)25-13)19-17-20-15-11(16(23)21-17)8-18-22(15)2/h4-9H,1-3H3,(H2,19,20,21,23). The van der Waals surface area contributed by atoms with Gasteiger partial charge in [-0.2, -0.15) is 10.1 Å². The zero-order valence-corrected chi connectivity index (χ0v) is 14.0. The van der Waals surface area contributed by atoms with Crippen LogP contribution in [0.4, 0.5) is 5.95 Å². The summed E-state index contributed by atoms with van der Waals surface area (Å²) in [5.74, 6) is 1.76. The largest absolute Gasteiger partial charge is 0.493 e. The summed E-state index contributed by atoms with van der Waals surface area (Å²) in [7, 11) is 3.35. The highest BCUT2D eigenvalue weighted by Crippen LogP contribution is 2.31. The number of para-hydroxylation sites is 1. The molecule has 0 spiro atoms. The van der Waals surface area contributed by atoms with E-state index in [0.717, 1.165) is 5.39 Å². The molecule has 4 rings (SSSR count). The number of fused-ring (bicyclic) bond motifs is 2. The fourth-order valence-corrected chi connectivity index (χ4v) is 2.81. The van der Waals surface area contributed by atoms with Gasteiger partial charge in [-0.15, -0.1) is 0 Å². The Balaban J connectivity index is 1.69. The van der Waals surface area contributed by atoms with Gasteiger partial charge < -0.3 is 14.5 Å². The van der Waals surface area contributed by atoms with E-state index in [1.54, 1.807) is 18.8 Å². The van der Waals surface area contributed by atoms with Crippen LogP contribution < -0.4 is 15.6 Å². The first kappa shape index (κ1) is 15.3. The maximum atomic E-state index is 12.1.